The lowest BCUT2D eigenvalue weighted by atomic mass is 10.1. The highest BCUT2D eigenvalue weighted by atomic mass is 16.5. The van der Waals surface area contributed by atoms with Gasteiger partial charge < -0.3 is 9.47 Å². The van der Waals surface area contributed by atoms with Crippen LogP contribution in [-0.4, -0.2) is 49.3 Å². The maximum absolute atomic E-state index is 11.3. The van der Waals surface area contributed by atoms with Crippen LogP contribution in [0.4, 0.5) is 0 Å². The third kappa shape index (κ3) is 3.80. The van der Waals surface area contributed by atoms with Gasteiger partial charge in [0.15, 0.2) is 0 Å². The first-order valence-corrected chi connectivity index (χ1v) is 5.64. The van der Waals surface area contributed by atoms with E-state index in [-0.39, 0.29) is 12.0 Å². The zero-order valence-electron chi connectivity index (χ0n) is 9.86. The largest absolute Gasteiger partial charge is 0.466 e. The van der Waals surface area contributed by atoms with E-state index in [2.05, 4.69) is 18.7 Å². The van der Waals surface area contributed by atoms with Crippen molar-refractivity contribution in [3.8, 4) is 0 Å². The van der Waals surface area contributed by atoms with Crippen molar-refractivity contribution in [1.82, 2.24) is 4.90 Å². The van der Waals surface area contributed by atoms with Crippen LogP contribution in [0.5, 0.6) is 0 Å². The Hall–Kier alpha value is -0.610. The summed E-state index contributed by atoms with van der Waals surface area (Å²) < 4.78 is 10.3. The smallest absolute Gasteiger partial charge is 0.307 e. The van der Waals surface area contributed by atoms with Crippen LogP contribution in [0, 0.1) is 0 Å². The summed E-state index contributed by atoms with van der Waals surface area (Å²) in [5, 5.41) is 0. The van der Waals surface area contributed by atoms with E-state index in [0.717, 1.165) is 19.8 Å². The maximum Gasteiger partial charge on any atom is 0.307 e. The molecule has 0 N–H and O–H groups in total. The molecule has 0 aromatic heterocycles. The zero-order valence-corrected chi connectivity index (χ0v) is 9.86. The summed E-state index contributed by atoms with van der Waals surface area (Å²) >= 11 is 0. The average Bonchev–Trinajstić information content (AvgIpc) is 2.18. The van der Waals surface area contributed by atoms with Crippen LogP contribution in [0.25, 0.3) is 0 Å². The second kappa shape index (κ2) is 6.08. The summed E-state index contributed by atoms with van der Waals surface area (Å²) in [7, 11) is 0. The van der Waals surface area contributed by atoms with Crippen molar-refractivity contribution in [2.24, 2.45) is 0 Å². The van der Waals surface area contributed by atoms with Crippen molar-refractivity contribution in [1.29, 1.82) is 0 Å². The molecule has 0 aromatic rings. The highest BCUT2D eigenvalue weighted by molar-refractivity contribution is 5.70. The molecule has 0 aromatic carbocycles. The molecular formula is C11H21NO3. The molecule has 2 unspecified atom stereocenters. The molecule has 0 amide bonds. The van der Waals surface area contributed by atoms with Crippen molar-refractivity contribution >= 4 is 5.97 Å². The number of nitrogens with zero attached hydrogens (tertiary/aromatic N) is 1. The Morgan fingerprint density at radius 1 is 1.67 bits per heavy atom. The summed E-state index contributed by atoms with van der Waals surface area (Å²) in [4.78, 5) is 13.6. The number of hydrogen-bond donors (Lipinski definition) is 0. The van der Waals surface area contributed by atoms with E-state index in [1.165, 1.54) is 0 Å². The van der Waals surface area contributed by atoms with Crippen molar-refractivity contribution in [2.45, 2.75) is 39.3 Å². The van der Waals surface area contributed by atoms with Gasteiger partial charge in [-0.3, -0.25) is 9.69 Å². The molecule has 1 fully saturated rings. The van der Waals surface area contributed by atoms with Crippen LogP contribution in [0.3, 0.4) is 0 Å². The fourth-order valence-corrected chi connectivity index (χ4v) is 1.97. The fourth-order valence-electron chi connectivity index (χ4n) is 1.97. The first kappa shape index (κ1) is 12.5. The maximum atomic E-state index is 11.3. The van der Waals surface area contributed by atoms with Gasteiger partial charge in [0.2, 0.25) is 0 Å². The van der Waals surface area contributed by atoms with E-state index in [9.17, 15) is 4.79 Å². The summed E-state index contributed by atoms with van der Waals surface area (Å²) in [5.74, 6) is -0.108. The minimum absolute atomic E-state index is 0.108. The predicted octanol–water partition coefficient (Wildman–Crippen LogP) is 1.05. The molecule has 0 spiro atoms. The van der Waals surface area contributed by atoms with E-state index >= 15 is 0 Å². The minimum Gasteiger partial charge on any atom is -0.466 e. The van der Waals surface area contributed by atoms with Gasteiger partial charge >= 0.3 is 5.97 Å². The third-order valence-electron chi connectivity index (χ3n) is 2.75. The Morgan fingerprint density at radius 2 is 2.40 bits per heavy atom. The van der Waals surface area contributed by atoms with Gasteiger partial charge in [-0.1, -0.05) is 0 Å². The lowest BCUT2D eigenvalue weighted by Gasteiger charge is -2.37. The topological polar surface area (TPSA) is 38.8 Å². The number of carbonyl (C=O) groups excluding carboxylic acids is 1. The monoisotopic (exact) mass is 215 g/mol. The summed E-state index contributed by atoms with van der Waals surface area (Å²) in [6.45, 7) is 8.91. The molecule has 1 aliphatic rings. The van der Waals surface area contributed by atoms with Crippen LogP contribution in [-0.2, 0) is 14.3 Å². The Labute approximate surface area is 91.5 Å². The number of hydrogen-bond acceptors (Lipinski definition) is 4. The van der Waals surface area contributed by atoms with Crippen LogP contribution in [0.15, 0.2) is 0 Å². The van der Waals surface area contributed by atoms with Gasteiger partial charge in [-0.15, -0.1) is 0 Å². The molecular weight excluding hydrogens is 194 g/mol. The molecule has 88 valence electrons. The first-order chi connectivity index (χ1) is 7.15. The fraction of sp³-hybridized carbons (Fsp3) is 0.909. The highest BCUT2D eigenvalue weighted by Crippen LogP contribution is 2.13. The molecule has 4 nitrogen and oxygen atoms in total. The SMILES string of the molecule is CCOC(=O)CC(C)N1CCOCC1C. The predicted molar refractivity (Wildman–Crippen MR) is 57.7 cm³/mol. The van der Waals surface area contributed by atoms with Crippen molar-refractivity contribution in [2.75, 3.05) is 26.4 Å². The van der Waals surface area contributed by atoms with E-state index in [0.29, 0.717) is 19.1 Å². The van der Waals surface area contributed by atoms with Crippen molar-refractivity contribution in [3.05, 3.63) is 0 Å². The van der Waals surface area contributed by atoms with Gasteiger partial charge in [0.25, 0.3) is 0 Å². The number of rotatable bonds is 4. The molecule has 1 aliphatic heterocycles. The quantitative estimate of drug-likeness (QED) is 0.657. The summed E-state index contributed by atoms with van der Waals surface area (Å²) in [6.07, 6.45) is 0.470. The molecule has 1 saturated heterocycles. The van der Waals surface area contributed by atoms with Gasteiger partial charge in [-0.05, 0) is 20.8 Å². The summed E-state index contributed by atoms with van der Waals surface area (Å²) in [5.41, 5.74) is 0. The van der Waals surface area contributed by atoms with E-state index in [4.69, 9.17) is 9.47 Å². The number of esters is 1. The molecule has 0 radical (unpaired) electrons. The normalized spacial score (nSPS) is 24.9. The average molecular weight is 215 g/mol. The van der Waals surface area contributed by atoms with Gasteiger partial charge in [-0.2, -0.15) is 0 Å². The molecule has 0 saturated carbocycles. The number of ether oxygens (including phenoxy) is 2. The lowest BCUT2D eigenvalue weighted by molar-refractivity contribution is -0.145. The van der Waals surface area contributed by atoms with Crippen molar-refractivity contribution in [3.63, 3.8) is 0 Å². The molecule has 0 bridgehead atoms. The first-order valence-electron chi connectivity index (χ1n) is 5.64. The Balaban J connectivity index is 2.37. The molecule has 4 heteroatoms. The Morgan fingerprint density at radius 3 is 3.00 bits per heavy atom. The lowest BCUT2D eigenvalue weighted by Crippen LogP contribution is -2.48. The van der Waals surface area contributed by atoms with Crippen LogP contribution >= 0.6 is 0 Å². The zero-order chi connectivity index (χ0) is 11.3. The van der Waals surface area contributed by atoms with Crippen LogP contribution < -0.4 is 0 Å². The Kier molecular flexibility index (Phi) is 5.05. The van der Waals surface area contributed by atoms with Gasteiger partial charge in [0.05, 0.1) is 26.2 Å². The Bertz CT molecular complexity index is 208. The molecule has 2 atom stereocenters. The van der Waals surface area contributed by atoms with Gasteiger partial charge in [0.1, 0.15) is 0 Å². The van der Waals surface area contributed by atoms with E-state index < -0.39 is 0 Å². The number of carbonyl (C=O) groups is 1. The second-order valence-corrected chi connectivity index (χ2v) is 4.02. The van der Waals surface area contributed by atoms with Crippen molar-refractivity contribution < 1.29 is 14.3 Å². The van der Waals surface area contributed by atoms with E-state index in [1.807, 2.05) is 6.92 Å². The third-order valence-corrected chi connectivity index (χ3v) is 2.75. The summed E-state index contributed by atoms with van der Waals surface area (Å²) in [6, 6.07) is 0.631. The van der Waals surface area contributed by atoms with Crippen LogP contribution in [0.1, 0.15) is 27.2 Å². The molecule has 1 rings (SSSR count). The van der Waals surface area contributed by atoms with Gasteiger partial charge in [-0.25, -0.2) is 0 Å². The second-order valence-electron chi connectivity index (χ2n) is 4.02. The van der Waals surface area contributed by atoms with Crippen LogP contribution in [0.2, 0.25) is 0 Å². The molecule has 1 heterocycles. The standard InChI is InChI=1S/C11H21NO3/c1-4-15-11(13)7-9(2)12-5-6-14-8-10(12)3/h9-10H,4-8H2,1-3H3. The molecule has 0 aliphatic carbocycles. The minimum atomic E-state index is -0.108. The van der Waals surface area contributed by atoms with Gasteiger partial charge in [0, 0.05) is 18.6 Å². The molecule has 15 heavy (non-hydrogen) atoms. The number of morpholine rings is 1. The van der Waals surface area contributed by atoms with E-state index in [1.54, 1.807) is 0 Å². The highest BCUT2D eigenvalue weighted by Gasteiger charge is 2.25.